The first-order valence-electron chi connectivity index (χ1n) is 7.41. The van der Waals surface area contributed by atoms with Gasteiger partial charge in [-0.05, 0) is 25.1 Å². The summed E-state index contributed by atoms with van der Waals surface area (Å²) in [5.41, 5.74) is 1.51. The number of H-pyrrole nitrogens is 1. The molecular formula is C19H15FN2O2. The quantitative estimate of drug-likeness (QED) is 0.486. The molecule has 0 aliphatic heterocycles. The molecule has 0 radical (unpaired) electrons. The number of aromatic nitrogens is 1. The first-order valence-corrected chi connectivity index (χ1v) is 7.41. The molecule has 4 nitrogen and oxygen atoms in total. The van der Waals surface area contributed by atoms with E-state index in [4.69, 9.17) is 16.0 Å². The highest BCUT2D eigenvalue weighted by molar-refractivity contribution is 5.93. The van der Waals surface area contributed by atoms with E-state index in [1.54, 1.807) is 30.5 Å². The maximum Gasteiger partial charge on any atom is 0.190 e. The van der Waals surface area contributed by atoms with Crippen molar-refractivity contribution in [3.05, 3.63) is 72.0 Å². The molecule has 120 valence electrons. The normalized spacial score (nSPS) is 10.4. The van der Waals surface area contributed by atoms with Crippen molar-refractivity contribution in [3.8, 4) is 11.5 Å². The zero-order valence-corrected chi connectivity index (χ0v) is 13.1. The van der Waals surface area contributed by atoms with Gasteiger partial charge in [-0.25, -0.2) is 9.24 Å². The van der Waals surface area contributed by atoms with Gasteiger partial charge >= 0.3 is 0 Å². The van der Waals surface area contributed by atoms with Gasteiger partial charge in [0.2, 0.25) is 0 Å². The minimum atomic E-state index is -0.533. The van der Waals surface area contributed by atoms with Crippen molar-refractivity contribution in [3.63, 3.8) is 0 Å². The second-order valence-corrected chi connectivity index (χ2v) is 5.07. The molecule has 1 heterocycles. The molecule has 0 bridgehead atoms. The number of aromatic amines is 1. The van der Waals surface area contributed by atoms with E-state index in [1.807, 2.05) is 13.0 Å². The van der Waals surface area contributed by atoms with Gasteiger partial charge in [-0.1, -0.05) is 18.7 Å². The maximum absolute atomic E-state index is 14.6. The van der Waals surface area contributed by atoms with Gasteiger partial charge in [-0.3, -0.25) is 0 Å². The lowest BCUT2D eigenvalue weighted by atomic mass is 10.1. The molecule has 0 unspecified atom stereocenters. The molecule has 0 atom stereocenters. The maximum atomic E-state index is 14.6. The zero-order valence-electron chi connectivity index (χ0n) is 13.1. The number of hydrogen-bond donors (Lipinski definition) is 1. The molecule has 0 spiro atoms. The lowest BCUT2D eigenvalue weighted by Crippen LogP contribution is -1.98. The van der Waals surface area contributed by atoms with Crippen LogP contribution in [0.5, 0.6) is 11.5 Å². The first kappa shape index (κ1) is 15.6. The molecule has 2 aromatic carbocycles. The highest BCUT2D eigenvalue weighted by atomic mass is 19.1. The molecule has 3 aromatic rings. The van der Waals surface area contributed by atoms with Crippen LogP contribution < -0.4 is 4.74 Å². The summed E-state index contributed by atoms with van der Waals surface area (Å²) in [5.74, 6) is 0.206. The minimum absolute atomic E-state index is 0.0303. The molecule has 0 amide bonds. The van der Waals surface area contributed by atoms with Crippen LogP contribution in [0.1, 0.15) is 12.5 Å². The summed E-state index contributed by atoms with van der Waals surface area (Å²) < 4.78 is 25.9. The first-order chi connectivity index (χ1) is 11.6. The van der Waals surface area contributed by atoms with E-state index in [0.29, 0.717) is 34.9 Å². The predicted octanol–water partition coefficient (Wildman–Crippen LogP) is 5.66. The summed E-state index contributed by atoms with van der Waals surface area (Å²) >= 11 is 0. The highest BCUT2D eigenvalue weighted by Gasteiger charge is 2.20. The fourth-order valence-electron chi connectivity index (χ4n) is 2.51. The van der Waals surface area contributed by atoms with E-state index in [1.165, 1.54) is 6.07 Å². The Kier molecular flexibility index (Phi) is 4.21. The van der Waals surface area contributed by atoms with Crippen LogP contribution in [-0.4, -0.2) is 11.6 Å². The van der Waals surface area contributed by atoms with Crippen LogP contribution in [0.4, 0.5) is 10.1 Å². The van der Waals surface area contributed by atoms with Crippen molar-refractivity contribution in [2.75, 3.05) is 6.61 Å². The summed E-state index contributed by atoms with van der Waals surface area (Å²) in [6, 6.07) is 9.75. The SMILES string of the molecule is [C-]#[N+]c1cccc(Oc2c(F)cc3[nH]ccc3c2C(=C)OCC)c1. The minimum Gasteiger partial charge on any atom is -0.494 e. The Morgan fingerprint density at radius 1 is 1.33 bits per heavy atom. The number of benzene rings is 2. The second kappa shape index (κ2) is 6.47. The van der Waals surface area contributed by atoms with Gasteiger partial charge in [-0.2, -0.15) is 0 Å². The Labute approximate surface area is 139 Å². The molecule has 0 fully saturated rings. The second-order valence-electron chi connectivity index (χ2n) is 5.07. The summed E-state index contributed by atoms with van der Waals surface area (Å²) in [5, 5.41) is 0.756. The standard InChI is InChI=1S/C19H15FN2O2/c1-4-23-12(2)18-15-8-9-22-17(15)11-16(20)19(18)24-14-7-5-6-13(10-14)21-3/h5-11,22H,2,4H2,1H3. The average molecular weight is 322 g/mol. The van der Waals surface area contributed by atoms with Crippen LogP contribution in [0.15, 0.2) is 49.2 Å². The molecule has 0 saturated heterocycles. The predicted molar refractivity (Wildman–Crippen MR) is 91.7 cm³/mol. The summed E-state index contributed by atoms with van der Waals surface area (Å²) in [6.45, 7) is 13.2. The average Bonchev–Trinajstić information content (AvgIpc) is 3.03. The van der Waals surface area contributed by atoms with Gasteiger partial charge in [0.15, 0.2) is 17.3 Å². The van der Waals surface area contributed by atoms with Gasteiger partial charge in [0.25, 0.3) is 0 Å². The lowest BCUT2D eigenvalue weighted by molar-refractivity contribution is 0.297. The number of hydrogen-bond acceptors (Lipinski definition) is 2. The van der Waals surface area contributed by atoms with Crippen molar-refractivity contribution in [1.82, 2.24) is 4.98 Å². The topological polar surface area (TPSA) is 38.6 Å². The van der Waals surface area contributed by atoms with Crippen molar-refractivity contribution in [1.29, 1.82) is 0 Å². The van der Waals surface area contributed by atoms with Gasteiger partial charge < -0.3 is 14.5 Å². The van der Waals surface area contributed by atoms with Crippen molar-refractivity contribution in [2.24, 2.45) is 0 Å². The Morgan fingerprint density at radius 3 is 2.92 bits per heavy atom. The Morgan fingerprint density at radius 2 is 2.17 bits per heavy atom. The summed E-state index contributed by atoms with van der Waals surface area (Å²) in [6.07, 6.45) is 1.72. The highest BCUT2D eigenvalue weighted by Crippen LogP contribution is 2.38. The molecule has 0 saturated carbocycles. The van der Waals surface area contributed by atoms with E-state index in [0.717, 1.165) is 5.39 Å². The van der Waals surface area contributed by atoms with E-state index in [9.17, 15) is 4.39 Å². The van der Waals surface area contributed by atoms with Gasteiger partial charge in [0.05, 0.1) is 18.7 Å². The van der Waals surface area contributed by atoms with Crippen molar-refractivity contribution >= 4 is 22.3 Å². The fourth-order valence-corrected chi connectivity index (χ4v) is 2.51. The van der Waals surface area contributed by atoms with Gasteiger partial charge in [-0.15, -0.1) is 0 Å². The van der Waals surface area contributed by atoms with Crippen LogP contribution in [-0.2, 0) is 4.74 Å². The fraction of sp³-hybridized carbons (Fsp3) is 0.105. The Balaban J connectivity index is 2.15. The smallest absolute Gasteiger partial charge is 0.190 e. The third kappa shape index (κ3) is 2.82. The molecule has 1 aromatic heterocycles. The largest absolute Gasteiger partial charge is 0.494 e. The molecule has 5 heteroatoms. The third-order valence-electron chi connectivity index (χ3n) is 3.53. The van der Waals surface area contributed by atoms with Crippen molar-refractivity contribution in [2.45, 2.75) is 6.92 Å². The van der Waals surface area contributed by atoms with Crippen LogP contribution in [0.3, 0.4) is 0 Å². The van der Waals surface area contributed by atoms with E-state index in [2.05, 4.69) is 16.4 Å². The van der Waals surface area contributed by atoms with Crippen LogP contribution in [0.25, 0.3) is 21.5 Å². The van der Waals surface area contributed by atoms with Gasteiger partial charge in [0.1, 0.15) is 11.5 Å². The summed E-state index contributed by atoms with van der Waals surface area (Å²) in [4.78, 5) is 6.33. The van der Waals surface area contributed by atoms with E-state index >= 15 is 0 Å². The molecule has 1 N–H and O–H groups in total. The van der Waals surface area contributed by atoms with Crippen LogP contribution in [0, 0.1) is 12.4 Å². The molecule has 0 aliphatic rings. The third-order valence-corrected chi connectivity index (χ3v) is 3.53. The molecule has 3 rings (SSSR count). The van der Waals surface area contributed by atoms with Crippen LogP contribution >= 0.6 is 0 Å². The number of fused-ring (bicyclic) bond motifs is 1. The zero-order chi connectivity index (χ0) is 17.1. The van der Waals surface area contributed by atoms with Gasteiger partial charge in [0, 0.05) is 23.2 Å². The monoisotopic (exact) mass is 322 g/mol. The Hall–Kier alpha value is -3.26. The van der Waals surface area contributed by atoms with Crippen molar-refractivity contribution < 1.29 is 13.9 Å². The molecule has 24 heavy (non-hydrogen) atoms. The van der Waals surface area contributed by atoms with E-state index in [-0.39, 0.29) is 5.75 Å². The number of halogens is 1. The number of ether oxygens (including phenoxy) is 2. The molecular weight excluding hydrogens is 307 g/mol. The number of nitrogens with one attached hydrogen (secondary N) is 1. The summed E-state index contributed by atoms with van der Waals surface area (Å²) in [7, 11) is 0. The van der Waals surface area contributed by atoms with E-state index < -0.39 is 5.82 Å². The number of rotatable bonds is 5. The lowest BCUT2D eigenvalue weighted by Gasteiger charge is -2.16. The number of nitrogens with zero attached hydrogens (tertiary/aromatic N) is 1. The van der Waals surface area contributed by atoms with Crippen LogP contribution in [0.2, 0.25) is 0 Å². The molecule has 0 aliphatic carbocycles. The Bertz CT molecular complexity index is 954.